The van der Waals surface area contributed by atoms with Crippen LogP contribution >= 0.6 is 23.6 Å². The zero-order valence-corrected chi connectivity index (χ0v) is 25.4. The highest BCUT2D eigenvalue weighted by Gasteiger charge is 2.44. The van der Waals surface area contributed by atoms with Crippen LogP contribution in [0.1, 0.15) is 50.5 Å². The third kappa shape index (κ3) is 8.65. The summed E-state index contributed by atoms with van der Waals surface area (Å²) in [6.45, 7) is 7.61. The molecule has 0 heterocycles. The molecule has 2 atom stereocenters. The van der Waals surface area contributed by atoms with E-state index >= 15 is 0 Å². The van der Waals surface area contributed by atoms with Gasteiger partial charge in [-0.05, 0) is 51.0 Å². The van der Waals surface area contributed by atoms with E-state index in [2.05, 4.69) is 0 Å². The van der Waals surface area contributed by atoms with Gasteiger partial charge in [0, 0.05) is 5.30 Å². The molecule has 0 fully saturated rings. The molecular formula is C28H37O8P3. The van der Waals surface area contributed by atoms with E-state index in [9.17, 15) is 9.13 Å². The molecule has 0 bridgehead atoms. The Morgan fingerprint density at radius 3 is 1.15 bits per heavy atom. The maximum absolute atomic E-state index is 14.1. The van der Waals surface area contributed by atoms with Crippen molar-refractivity contribution >= 4 is 28.9 Å². The van der Waals surface area contributed by atoms with Crippen LogP contribution in [0.4, 0.5) is 0 Å². The van der Waals surface area contributed by atoms with Crippen molar-refractivity contribution < 1.29 is 36.3 Å². The first kappa shape index (κ1) is 31.8. The molecule has 0 spiro atoms. The van der Waals surface area contributed by atoms with Crippen molar-refractivity contribution in [1.82, 2.24) is 0 Å². The lowest BCUT2D eigenvalue weighted by atomic mass is 10.2. The lowest BCUT2D eigenvalue weighted by Crippen LogP contribution is -2.16. The maximum atomic E-state index is 14.1. The molecule has 3 rings (SSSR count). The van der Waals surface area contributed by atoms with Crippen molar-refractivity contribution in [2.45, 2.75) is 39.4 Å². The molecule has 11 heteroatoms. The van der Waals surface area contributed by atoms with Crippen LogP contribution in [0.15, 0.2) is 91.0 Å². The van der Waals surface area contributed by atoms with E-state index in [4.69, 9.17) is 27.1 Å². The fourth-order valence-corrected chi connectivity index (χ4v) is 9.74. The molecule has 3 aromatic rings. The monoisotopic (exact) mass is 594 g/mol. The largest absolute Gasteiger partial charge is 0.364 e. The van der Waals surface area contributed by atoms with Gasteiger partial charge in [0.25, 0.3) is 0 Å². The molecule has 0 N–H and O–H groups in total. The van der Waals surface area contributed by atoms with Gasteiger partial charge >= 0.3 is 15.2 Å². The van der Waals surface area contributed by atoms with Gasteiger partial charge in [0.2, 0.25) is 8.38 Å². The van der Waals surface area contributed by atoms with Gasteiger partial charge in [0.1, 0.15) is 0 Å². The molecule has 0 aromatic heterocycles. The molecule has 0 saturated heterocycles. The SMILES string of the molecule is CCOP(=O)(OCC)[C@@H](OP(O[C@@H](c1ccccc1)P(=O)(OCC)OCC)c1ccccc1)c1ccccc1. The van der Waals surface area contributed by atoms with Gasteiger partial charge in [-0.1, -0.05) is 78.9 Å². The molecule has 0 aliphatic heterocycles. The zero-order chi connectivity index (χ0) is 28.1. The molecule has 8 nitrogen and oxygen atoms in total. The van der Waals surface area contributed by atoms with Crippen LogP contribution in [0.5, 0.6) is 0 Å². The average molecular weight is 595 g/mol. The van der Waals surface area contributed by atoms with Crippen LogP contribution in [-0.2, 0) is 36.3 Å². The molecule has 0 saturated carbocycles. The zero-order valence-electron chi connectivity index (χ0n) is 22.8. The molecule has 39 heavy (non-hydrogen) atoms. The topological polar surface area (TPSA) is 89.5 Å². The average Bonchev–Trinajstić information content (AvgIpc) is 2.95. The summed E-state index contributed by atoms with van der Waals surface area (Å²) in [5.41, 5.74) is 1.20. The molecule has 0 radical (unpaired) electrons. The van der Waals surface area contributed by atoms with Crippen molar-refractivity contribution in [2.75, 3.05) is 26.4 Å². The highest BCUT2D eigenvalue weighted by Crippen LogP contribution is 2.69. The van der Waals surface area contributed by atoms with Crippen LogP contribution in [0.3, 0.4) is 0 Å². The number of rotatable bonds is 17. The highest BCUT2D eigenvalue weighted by atomic mass is 31.2. The molecule has 0 aliphatic rings. The van der Waals surface area contributed by atoms with Crippen molar-refractivity contribution in [3.05, 3.63) is 102 Å². The Morgan fingerprint density at radius 2 is 0.846 bits per heavy atom. The first-order chi connectivity index (χ1) is 18.9. The van der Waals surface area contributed by atoms with E-state index < -0.39 is 35.3 Å². The predicted molar refractivity (Wildman–Crippen MR) is 155 cm³/mol. The van der Waals surface area contributed by atoms with Crippen LogP contribution in [0.25, 0.3) is 0 Å². The quantitative estimate of drug-likeness (QED) is 0.144. The summed E-state index contributed by atoms with van der Waals surface area (Å²) in [5.74, 6) is -2.22. The minimum atomic E-state index is -3.82. The van der Waals surface area contributed by atoms with Gasteiger partial charge in [-0.3, -0.25) is 9.13 Å². The Labute approximate surface area is 232 Å². The minimum absolute atomic E-state index is 0.157. The van der Waals surface area contributed by atoms with E-state index in [1.54, 1.807) is 52.0 Å². The summed E-state index contributed by atoms with van der Waals surface area (Å²) in [6.07, 6.45) is 0. The second kappa shape index (κ2) is 15.9. The lowest BCUT2D eigenvalue weighted by Gasteiger charge is -2.33. The number of benzene rings is 3. The highest BCUT2D eigenvalue weighted by molar-refractivity contribution is 7.59. The molecule has 0 unspecified atom stereocenters. The normalized spacial score (nSPS) is 13.9. The van der Waals surface area contributed by atoms with Gasteiger partial charge in [0.05, 0.1) is 26.4 Å². The number of hydrogen-bond donors (Lipinski definition) is 0. The summed E-state index contributed by atoms with van der Waals surface area (Å²) in [5, 5.41) is 0.674. The standard InChI is InChI=1S/C28H37O8P3/c1-5-31-38(29,32-6-2)27(24-18-12-9-13-19-24)35-37(26-22-16-11-17-23-26)36-28(25-20-14-10-15-21-25)39(30,33-7-3)34-8-4/h9-23,27-28H,5-8H2,1-4H3/t27-,28-/m1/s1. The van der Waals surface area contributed by atoms with E-state index in [0.717, 1.165) is 0 Å². The van der Waals surface area contributed by atoms with Crippen molar-refractivity contribution in [1.29, 1.82) is 0 Å². The summed E-state index contributed by atoms with van der Waals surface area (Å²) >= 11 is 0. The Bertz CT molecular complexity index is 1100. The summed E-state index contributed by atoms with van der Waals surface area (Å²) in [4.78, 5) is 0. The molecule has 0 aliphatic carbocycles. The lowest BCUT2D eigenvalue weighted by molar-refractivity contribution is 0.136. The first-order valence-electron chi connectivity index (χ1n) is 13.0. The molecule has 3 aromatic carbocycles. The smallest absolute Gasteiger partial charge is 0.309 e. The van der Waals surface area contributed by atoms with Crippen LogP contribution in [0, 0.1) is 0 Å². The molecular weight excluding hydrogens is 557 g/mol. The summed E-state index contributed by atoms with van der Waals surface area (Å²) < 4.78 is 64.3. The van der Waals surface area contributed by atoms with Gasteiger partial charge in [-0.2, -0.15) is 0 Å². The predicted octanol–water partition coefficient (Wildman–Crippen LogP) is 8.59. The van der Waals surface area contributed by atoms with Crippen LogP contribution < -0.4 is 5.30 Å². The fourth-order valence-electron chi connectivity index (χ4n) is 3.78. The van der Waals surface area contributed by atoms with E-state index in [1.165, 1.54) is 0 Å². The second-order valence-corrected chi connectivity index (χ2v) is 13.7. The molecule has 0 amide bonds. The van der Waals surface area contributed by atoms with E-state index in [-0.39, 0.29) is 26.4 Å². The van der Waals surface area contributed by atoms with E-state index in [0.29, 0.717) is 16.4 Å². The van der Waals surface area contributed by atoms with Crippen molar-refractivity contribution in [2.24, 2.45) is 0 Å². The van der Waals surface area contributed by atoms with E-state index in [1.807, 2.05) is 66.7 Å². The van der Waals surface area contributed by atoms with Crippen LogP contribution in [-0.4, -0.2) is 26.4 Å². The van der Waals surface area contributed by atoms with Crippen molar-refractivity contribution in [3.8, 4) is 0 Å². The van der Waals surface area contributed by atoms with Crippen LogP contribution in [0.2, 0.25) is 0 Å². The van der Waals surface area contributed by atoms with Gasteiger partial charge in [-0.25, -0.2) is 0 Å². The van der Waals surface area contributed by atoms with Gasteiger partial charge < -0.3 is 27.1 Å². The van der Waals surface area contributed by atoms with Gasteiger partial charge in [-0.15, -0.1) is 0 Å². The third-order valence-corrected chi connectivity index (χ3v) is 11.6. The van der Waals surface area contributed by atoms with Gasteiger partial charge in [0.15, 0.2) is 11.7 Å². The Hall–Kier alpha value is -1.69. The number of hydrogen-bond acceptors (Lipinski definition) is 8. The maximum Gasteiger partial charge on any atom is 0.364 e. The third-order valence-electron chi connectivity index (χ3n) is 5.34. The minimum Gasteiger partial charge on any atom is -0.309 e. The molecule has 212 valence electrons. The second-order valence-electron chi connectivity index (χ2n) is 8.08. The summed E-state index contributed by atoms with van der Waals surface area (Å²) in [6, 6.07) is 27.5. The summed E-state index contributed by atoms with van der Waals surface area (Å²) in [7, 11) is -9.67. The first-order valence-corrected chi connectivity index (χ1v) is 17.4. The Morgan fingerprint density at radius 1 is 0.538 bits per heavy atom. The fraction of sp³-hybridized carbons (Fsp3) is 0.357. The van der Waals surface area contributed by atoms with Crippen molar-refractivity contribution in [3.63, 3.8) is 0 Å². The Kier molecular flexibility index (Phi) is 13.0. The Balaban J connectivity index is 2.14.